The normalized spacial score (nSPS) is 36.9. The number of aliphatic hydroxyl groups is 1. The number of fused-ring (bicyclic) bond motifs is 6. The van der Waals surface area contributed by atoms with Gasteiger partial charge in [0.15, 0.2) is 0 Å². The first-order chi connectivity index (χ1) is 24.2. The third kappa shape index (κ3) is 10.8. The molecule has 0 aromatic rings. The predicted octanol–water partition coefficient (Wildman–Crippen LogP) is 6.92. The van der Waals surface area contributed by atoms with E-state index in [4.69, 9.17) is 31.4 Å². The van der Waals surface area contributed by atoms with Crippen LogP contribution in [0, 0.1) is 46.3 Å². The lowest BCUT2D eigenvalue weighted by molar-refractivity contribution is -0.125. The number of allylic oxidation sites excluding steroid dienone is 1. The Hall–Kier alpha value is -0.580. The van der Waals surface area contributed by atoms with Gasteiger partial charge in [-0.05, 0) is 157 Å². The third-order valence-corrected chi connectivity index (χ3v) is 14.3. The molecule has 2 bridgehead atoms. The molecule has 8 unspecified atom stereocenters. The standard InChI is InChI=1S/C42H80N4O4/c1-5-6-7-8-9-10-23-46-40(47)17-14-31(2)36-15-16-37-35-28-33(30-39(42(36,37)4)50-26-13-22-45)41(3)19-18-34(48-24-11-20-43)27-32(41)29-38(35)49-25-12-21-44/h8-9,31-40,46-47H,5-7,10-30,43-45H2,1-4H3/b9-8+/t31-,32?,33-,34?,35?,36?,37+,38?,39+,40?,41?,42?/m1/s1. The molecular formula is C42H80N4O4. The number of unbranched alkanes of at least 4 members (excludes halogenated alkanes) is 2. The molecule has 0 spiro atoms. The molecule has 4 rings (SSSR count). The van der Waals surface area contributed by atoms with E-state index in [1.54, 1.807) is 0 Å². The van der Waals surface area contributed by atoms with Gasteiger partial charge in [0, 0.05) is 31.8 Å². The maximum absolute atomic E-state index is 10.9. The predicted molar refractivity (Wildman–Crippen MR) is 207 cm³/mol. The van der Waals surface area contributed by atoms with Crippen molar-refractivity contribution in [2.45, 2.75) is 161 Å². The summed E-state index contributed by atoms with van der Waals surface area (Å²) >= 11 is 0. The van der Waals surface area contributed by atoms with Gasteiger partial charge in [-0.1, -0.05) is 52.7 Å². The van der Waals surface area contributed by atoms with Crippen molar-refractivity contribution in [1.82, 2.24) is 5.32 Å². The number of nitrogens with two attached hydrogens (primary N) is 3. The molecule has 0 saturated heterocycles. The Labute approximate surface area is 307 Å². The zero-order valence-corrected chi connectivity index (χ0v) is 32.8. The number of hydrogen-bond donors (Lipinski definition) is 5. The van der Waals surface area contributed by atoms with E-state index in [9.17, 15) is 5.11 Å². The maximum Gasteiger partial charge on any atom is 0.104 e. The Morgan fingerprint density at radius 2 is 1.48 bits per heavy atom. The second-order valence-corrected chi connectivity index (χ2v) is 17.3. The Morgan fingerprint density at radius 3 is 2.20 bits per heavy atom. The van der Waals surface area contributed by atoms with Crippen LogP contribution < -0.4 is 22.5 Å². The van der Waals surface area contributed by atoms with Gasteiger partial charge in [0.1, 0.15) is 6.23 Å². The van der Waals surface area contributed by atoms with Gasteiger partial charge in [-0.15, -0.1) is 0 Å². The first-order valence-electron chi connectivity index (χ1n) is 21.2. The van der Waals surface area contributed by atoms with Crippen LogP contribution in [-0.4, -0.2) is 75.6 Å². The Morgan fingerprint density at radius 1 is 0.800 bits per heavy atom. The molecular weight excluding hydrogens is 624 g/mol. The van der Waals surface area contributed by atoms with Crippen molar-refractivity contribution in [2.24, 2.45) is 63.5 Å². The van der Waals surface area contributed by atoms with Crippen LogP contribution in [0.1, 0.15) is 137 Å². The third-order valence-electron chi connectivity index (χ3n) is 14.3. The first kappa shape index (κ1) is 42.2. The minimum atomic E-state index is -0.452. The second-order valence-electron chi connectivity index (χ2n) is 17.3. The van der Waals surface area contributed by atoms with E-state index in [1.165, 1.54) is 38.5 Å². The van der Waals surface area contributed by atoms with Crippen molar-refractivity contribution in [3.63, 3.8) is 0 Å². The number of hydrogen-bond acceptors (Lipinski definition) is 8. The molecule has 4 saturated carbocycles. The molecule has 0 aliphatic heterocycles. The summed E-state index contributed by atoms with van der Waals surface area (Å²) < 4.78 is 20.5. The average molecular weight is 705 g/mol. The minimum Gasteiger partial charge on any atom is -0.379 e. The monoisotopic (exact) mass is 705 g/mol. The topological polar surface area (TPSA) is 138 Å². The summed E-state index contributed by atoms with van der Waals surface area (Å²) in [4.78, 5) is 0. The van der Waals surface area contributed by atoms with Gasteiger partial charge in [-0.2, -0.15) is 0 Å². The van der Waals surface area contributed by atoms with Gasteiger partial charge in [-0.25, -0.2) is 0 Å². The molecule has 4 aliphatic carbocycles. The van der Waals surface area contributed by atoms with Gasteiger partial charge in [0.25, 0.3) is 0 Å². The molecule has 12 atom stereocenters. The molecule has 4 aliphatic rings. The Kier molecular flexibility index (Phi) is 18.0. The van der Waals surface area contributed by atoms with Crippen molar-refractivity contribution < 1.29 is 19.3 Å². The van der Waals surface area contributed by atoms with E-state index in [1.807, 2.05) is 0 Å². The fraction of sp³-hybridized carbons (Fsp3) is 0.952. The SMILES string of the molecule is CCCC/C=C/CCNC(O)CC[C@@H](C)C1CC[C@H]2C3C[C@H](C[C@H](OCCCN)C12C)C1(C)CCC(OCCCN)CC1CC3OCCCN. The summed E-state index contributed by atoms with van der Waals surface area (Å²) in [5, 5.41) is 14.3. The highest BCUT2D eigenvalue weighted by Crippen LogP contribution is 2.66. The summed E-state index contributed by atoms with van der Waals surface area (Å²) in [5.74, 6) is 3.35. The summed E-state index contributed by atoms with van der Waals surface area (Å²) in [5.41, 5.74) is 18.1. The zero-order chi connectivity index (χ0) is 36.0. The molecule has 0 amide bonds. The van der Waals surface area contributed by atoms with Crippen molar-refractivity contribution in [3.05, 3.63) is 12.2 Å². The first-order valence-corrected chi connectivity index (χ1v) is 21.2. The van der Waals surface area contributed by atoms with Crippen LogP contribution in [0.3, 0.4) is 0 Å². The van der Waals surface area contributed by atoms with E-state index in [0.29, 0.717) is 61.2 Å². The van der Waals surface area contributed by atoms with Crippen LogP contribution >= 0.6 is 0 Å². The van der Waals surface area contributed by atoms with Gasteiger partial charge >= 0.3 is 0 Å². The Bertz CT molecular complexity index is 970. The van der Waals surface area contributed by atoms with Gasteiger partial charge in [0.2, 0.25) is 0 Å². The number of rotatable bonds is 23. The largest absolute Gasteiger partial charge is 0.379 e. The maximum atomic E-state index is 10.9. The van der Waals surface area contributed by atoms with Gasteiger partial charge < -0.3 is 36.5 Å². The van der Waals surface area contributed by atoms with Gasteiger partial charge in [-0.3, -0.25) is 5.32 Å². The lowest BCUT2D eigenvalue weighted by atomic mass is 9.57. The molecule has 0 aromatic heterocycles. The van der Waals surface area contributed by atoms with Crippen LogP contribution in [0.5, 0.6) is 0 Å². The molecule has 8 N–H and O–H groups in total. The summed E-state index contributed by atoms with van der Waals surface area (Å²) in [6.45, 7) is 15.0. The molecule has 50 heavy (non-hydrogen) atoms. The van der Waals surface area contributed by atoms with Crippen LogP contribution in [-0.2, 0) is 14.2 Å². The fourth-order valence-electron chi connectivity index (χ4n) is 11.3. The highest BCUT2D eigenvalue weighted by molar-refractivity contribution is 5.11. The molecule has 0 aromatic carbocycles. The van der Waals surface area contributed by atoms with Crippen molar-refractivity contribution in [2.75, 3.05) is 46.0 Å². The highest BCUT2D eigenvalue weighted by Gasteiger charge is 2.62. The van der Waals surface area contributed by atoms with Gasteiger partial charge in [0.05, 0.1) is 18.3 Å². The van der Waals surface area contributed by atoms with Crippen molar-refractivity contribution in [3.8, 4) is 0 Å². The molecule has 8 heteroatoms. The molecule has 292 valence electrons. The minimum absolute atomic E-state index is 0.0658. The molecule has 0 heterocycles. The zero-order valence-electron chi connectivity index (χ0n) is 32.8. The fourth-order valence-corrected chi connectivity index (χ4v) is 11.3. The smallest absolute Gasteiger partial charge is 0.104 e. The molecule has 4 fully saturated rings. The van der Waals surface area contributed by atoms with E-state index in [-0.39, 0.29) is 23.0 Å². The van der Waals surface area contributed by atoms with Crippen LogP contribution in [0.2, 0.25) is 0 Å². The average Bonchev–Trinajstić information content (AvgIpc) is 3.33. The van der Waals surface area contributed by atoms with E-state index >= 15 is 0 Å². The van der Waals surface area contributed by atoms with E-state index < -0.39 is 6.23 Å². The Balaban J connectivity index is 1.53. The van der Waals surface area contributed by atoms with E-state index in [0.717, 1.165) is 97.0 Å². The lowest BCUT2D eigenvalue weighted by Gasteiger charge is -2.51. The van der Waals surface area contributed by atoms with Crippen LogP contribution in [0.4, 0.5) is 0 Å². The number of nitrogens with one attached hydrogen (secondary N) is 1. The summed E-state index contributed by atoms with van der Waals surface area (Å²) in [6.07, 6.45) is 23.5. The number of aliphatic hydroxyl groups excluding tert-OH is 1. The van der Waals surface area contributed by atoms with Crippen molar-refractivity contribution >= 4 is 0 Å². The second kappa shape index (κ2) is 21.3. The van der Waals surface area contributed by atoms with E-state index in [2.05, 4.69) is 45.2 Å². The number of ether oxygens (including phenoxy) is 3. The lowest BCUT2D eigenvalue weighted by Crippen LogP contribution is -2.49. The summed E-state index contributed by atoms with van der Waals surface area (Å²) in [7, 11) is 0. The van der Waals surface area contributed by atoms with Crippen LogP contribution in [0.25, 0.3) is 0 Å². The highest BCUT2D eigenvalue weighted by atomic mass is 16.5. The quantitative estimate of drug-likeness (QED) is 0.0439. The molecule has 0 radical (unpaired) electrons. The van der Waals surface area contributed by atoms with Crippen molar-refractivity contribution in [1.29, 1.82) is 0 Å². The summed E-state index contributed by atoms with van der Waals surface area (Å²) in [6, 6.07) is 0. The molecule has 8 nitrogen and oxygen atoms in total. The van der Waals surface area contributed by atoms with Crippen LogP contribution in [0.15, 0.2) is 12.2 Å².